The Morgan fingerprint density at radius 2 is 1.60 bits per heavy atom. The highest BCUT2D eigenvalue weighted by atomic mass is 19.4. The molecule has 0 heterocycles. The van der Waals surface area contributed by atoms with Gasteiger partial charge >= 0.3 is 6.30 Å². The van der Waals surface area contributed by atoms with Crippen LogP contribution in [0.15, 0.2) is 30.3 Å². The van der Waals surface area contributed by atoms with Crippen molar-refractivity contribution in [2.24, 2.45) is 0 Å². The maximum Gasteiger partial charge on any atom is 0.484 e. The minimum absolute atomic E-state index is 0.0141. The predicted octanol–water partition coefficient (Wildman–Crippen LogP) is 1.75. The van der Waals surface area contributed by atoms with Gasteiger partial charge in [-0.05, 0) is 12.1 Å². The molecule has 0 saturated carbocycles. The first-order valence-corrected chi connectivity index (χ1v) is 3.72. The SMILES string of the molecule is C=O.O=C(NC(F)(F)F)c1ccccc1. The van der Waals surface area contributed by atoms with Crippen LogP contribution in [-0.4, -0.2) is 19.0 Å². The summed E-state index contributed by atoms with van der Waals surface area (Å²) in [6.45, 7) is 2.00. The zero-order valence-corrected chi connectivity index (χ0v) is 7.54. The molecule has 82 valence electrons. The minimum atomic E-state index is -4.67. The van der Waals surface area contributed by atoms with Crippen molar-refractivity contribution >= 4 is 12.7 Å². The highest BCUT2D eigenvalue weighted by molar-refractivity contribution is 5.94. The lowest BCUT2D eigenvalue weighted by Crippen LogP contribution is -2.37. The van der Waals surface area contributed by atoms with Crippen LogP contribution in [0.25, 0.3) is 0 Å². The van der Waals surface area contributed by atoms with Crippen molar-refractivity contribution in [3.63, 3.8) is 0 Å². The molecule has 1 aromatic rings. The van der Waals surface area contributed by atoms with E-state index in [0.717, 1.165) is 5.32 Å². The zero-order chi connectivity index (χ0) is 11.9. The first-order valence-electron chi connectivity index (χ1n) is 3.72. The van der Waals surface area contributed by atoms with Crippen LogP contribution in [-0.2, 0) is 4.79 Å². The van der Waals surface area contributed by atoms with Gasteiger partial charge in [0, 0.05) is 5.56 Å². The van der Waals surface area contributed by atoms with Gasteiger partial charge in [0.25, 0.3) is 5.91 Å². The molecular weight excluding hydrogens is 211 g/mol. The summed E-state index contributed by atoms with van der Waals surface area (Å²) < 4.78 is 35.0. The van der Waals surface area contributed by atoms with Crippen molar-refractivity contribution in [3.05, 3.63) is 35.9 Å². The topological polar surface area (TPSA) is 46.2 Å². The third-order valence-corrected chi connectivity index (χ3v) is 1.29. The van der Waals surface area contributed by atoms with Gasteiger partial charge in [0.1, 0.15) is 6.79 Å². The molecule has 0 atom stereocenters. The van der Waals surface area contributed by atoms with Gasteiger partial charge in [-0.15, -0.1) is 0 Å². The lowest BCUT2D eigenvalue weighted by Gasteiger charge is -2.07. The first-order chi connectivity index (χ1) is 6.99. The highest BCUT2D eigenvalue weighted by Crippen LogP contribution is 2.11. The molecule has 0 aliphatic heterocycles. The molecule has 6 heteroatoms. The molecule has 1 amide bonds. The number of rotatable bonds is 1. The standard InChI is InChI=1S/C8H6F3NO.CH2O/c9-8(10,11)12-7(13)6-4-2-1-3-5-6;1-2/h1-5H,(H,12,13);1H2. The molecule has 0 fully saturated rings. The van der Waals surface area contributed by atoms with Crippen LogP contribution in [0.3, 0.4) is 0 Å². The Labute approximate surface area is 83.9 Å². The molecule has 1 rings (SSSR count). The van der Waals surface area contributed by atoms with Crippen LogP contribution in [0.4, 0.5) is 13.2 Å². The van der Waals surface area contributed by atoms with E-state index in [0.29, 0.717) is 0 Å². The summed E-state index contributed by atoms with van der Waals surface area (Å²) in [6.07, 6.45) is -4.67. The second kappa shape index (κ2) is 5.79. The quantitative estimate of drug-likeness (QED) is 0.731. The molecule has 0 spiro atoms. The van der Waals surface area contributed by atoms with Gasteiger partial charge in [-0.1, -0.05) is 18.2 Å². The number of hydrogen-bond acceptors (Lipinski definition) is 2. The number of alkyl halides is 3. The van der Waals surface area contributed by atoms with Crippen molar-refractivity contribution in [1.82, 2.24) is 5.32 Å². The summed E-state index contributed by atoms with van der Waals surface area (Å²) in [5.41, 5.74) is -0.0141. The molecule has 0 bridgehead atoms. The molecule has 0 aromatic heterocycles. The smallest absolute Gasteiger partial charge is 0.307 e. The molecule has 1 N–H and O–H groups in total. The maximum atomic E-state index is 11.7. The summed E-state index contributed by atoms with van der Waals surface area (Å²) in [5.74, 6) is -1.15. The van der Waals surface area contributed by atoms with Gasteiger partial charge in [-0.25, -0.2) is 0 Å². The zero-order valence-electron chi connectivity index (χ0n) is 7.54. The van der Waals surface area contributed by atoms with E-state index in [-0.39, 0.29) is 5.56 Å². The van der Waals surface area contributed by atoms with E-state index in [1.165, 1.54) is 24.3 Å². The minimum Gasteiger partial charge on any atom is -0.307 e. The Kier molecular flexibility index (Phi) is 5.08. The number of benzene rings is 1. The Morgan fingerprint density at radius 3 is 2.00 bits per heavy atom. The normalized spacial score (nSPS) is 9.80. The number of halogens is 3. The van der Waals surface area contributed by atoms with Crippen molar-refractivity contribution in [1.29, 1.82) is 0 Å². The Bertz CT molecular complexity index is 311. The van der Waals surface area contributed by atoms with E-state index in [9.17, 15) is 18.0 Å². The van der Waals surface area contributed by atoms with Crippen LogP contribution in [0.5, 0.6) is 0 Å². The van der Waals surface area contributed by atoms with Crippen molar-refractivity contribution in [2.75, 3.05) is 0 Å². The first kappa shape index (κ1) is 13.2. The Hall–Kier alpha value is -1.85. The lowest BCUT2D eigenvalue weighted by atomic mass is 10.2. The largest absolute Gasteiger partial charge is 0.484 e. The fourth-order valence-corrected chi connectivity index (χ4v) is 0.790. The second-order valence-electron chi connectivity index (χ2n) is 2.32. The Morgan fingerprint density at radius 1 is 1.13 bits per heavy atom. The predicted molar refractivity (Wildman–Crippen MR) is 47.1 cm³/mol. The molecule has 3 nitrogen and oxygen atoms in total. The molecule has 1 aromatic carbocycles. The summed E-state index contributed by atoms with van der Waals surface area (Å²) >= 11 is 0. The van der Waals surface area contributed by atoms with Crippen LogP contribution in [0.2, 0.25) is 0 Å². The molecule has 0 saturated heterocycles. The lowest BCUT2D eigenvalue weighted by molar-refractivity contribution is -0.146. The van der Waals surface area contributed by atoms with Crippen molar-refractivity contribution in [2.45, 2.75) is 6.30 Å². The number of nitrogens with one attached hydrogen (secondary N) is 1. The van der Waals surface area contributed by atoms with Crippen LogP contribution in [0.1, 0.15) is 10.4 Å². The maximum absolute atomic E-state index is 11.7. The van der Waals surface area contributed by atoms with Gasteiger partial charge in [0.15, 0.2) is 0 Å². The van der Waals surface area contributed by atoms with Gasteiger partial charge in [-0.2, -0.15) is 13.2 Å². The second-order valence-corrected chi connectivity index (χ2v) is 2.32. The van der Waals surface area contributed by atoms with Crippen LogP contribution >= 0.6 is 0 Å². The summed E-state index contributed by atoms with van der Waals surface area (Å²) in [5, 5.41) is 0.896. The van der Waals surface area contributed by atoms with Gasteiger partial charge < -0.3 is 4.79 Å². The number of carbonyl (C=O) groups is 2. The molecule has 0 aliphatic rings. The van der Waals surface area contributed by atoms with Gasteiger partial charge in [0.2, 0.25) is 0 Å². The average Bonchev–Trinajstić information content (AvgIpc) is 2.20. The fraction of sp³-hybridized carbons (Fsp3) is 0.111. The van der Waals surface area contributed by atoms with Crippen molar-refractivity contribution < 1.29 is 22.8 Å². The number of amides is 1. The molecule has 0 unspecified atom stereocenters. The Balaban J connectivity index is 0.000000921. The van der Waals surface area contributed by atoms with Gasteiger partial charge in [-0.3, -0.25) is 10.1 Å². The average molecular weight is 219 g/mol. The van der Waals surface area contributed by atoms with Crippen LogP contribution < -0.4 is 5.32 Å². The summed E-state index contributed by atoms with van der Waals surface area (Å²) in [7, 11) is 0. The van der Waals surface area contributed by atoms with Crippen LogP contribution in [0, 0.1) is 0 Å². The molecule has 15 heavy (non-hydrogen) atoms. The highest BCUT2D eigenvalue weighted by Gasteiger charge is 2.30. The molecule has 0 radical (unpaired) electrons. The summed E-state index contributed by atoms with van der Waals surface area (Å²) in [6, 6.07) is 7.21. The molecule has 0 aliphatic carbocycles. The van der Waals surface area contributed by atoms with E-state index in [2.05, 4.69) is 0 Å². The summed E-state index contributed by atoms with van der Waals surface area (Å²) in [4.78, 5) is 18.8. The molecular formula is C9H8F3NO2. The van der Waals surface area contributed by atoms with E-state index < -0.39 is 12.2 Å². The number of hydrogen-bond donors (Lipinski definition) is 1. The monoisotopic (exact) mass is 219 g/mol. The van der Waals surface area contributed by atoms with E-state index in [1.54, 1.807) is 6.07 Å². The third kappa shape index (κ3) is 5.45. The third-order valence-electron chi connectivity index (χ3n) is 1.29. The van der Waals surface area contributed by atoms with Crippen molar-refractivity contribution in [3.8, 4) is 0 Å². The van der Waals surface area contributed by atoms with E-state index in [1.807, 2.05) is 6.79 Å². The van der Waals surface area contributed by atoms with E-state index >= 15 is 0 Å². The number of carbonyl (C=O) groups excluding carboxylic acids is 2. The van der Waals surface area contributed by atoms with Gasteiger partial charge in [0.05, 0.1) is 0 Å². The fourth-order valence-electron chi connectivity index (χ4n) is 0.790. The van der Waals surface area contributed by atoms with E-state index in [4.69, 9.17) is 4.79 Å².